The standard InChI is InChI=1S/C21H23NO.C2H6/c1-16-7-3-4-14-22(16)15-20-11-6-9-18-8-5-10-19(21(18)20)13-12-17(2)23;1-2/h3-11,14,16H,12-13,15H2,1-2H3;1-2H3. The van der Waals surface area contributed by atoms with Crippen molar-refractivity contribution in [3.8, 4) is 0 Å². The summed E-state index contributed by atoms with van der Waals surface area (Å²) in [5.74, 6) is 0.247. The highest BCUT2D eigenvalue weighted by atomic mass is 16.1. The highest BCUT2D eigenvalue weighted by molar-refractivity contribution is 5.89. The molecule has 0 saturated carbocycles. The van der Waals surface area contributed by atoms with Gasteiger partial charge >= 0.3 is 0 Å². The Morgan fingerprint density at radius 1 is 1.04 bits per heavy atom. The van der Waals surface area contributed by atoms with E-state index < -0.39 is 0 Å². The van der Waals surface area contributed by atoms with Crippen LogP contribution in [0.2, 0.25) is 0 Å². The lowest BCUT2D eigenvalue weighted by molar-refractivity contribution is -0.116. The van der Waals surface area contributed by atoms with E-state index in [1.54, 1.807) is 6.92 Å². The van der Waals surface area contributed by atoms with Crippen LogP contribution in [0.3, 0.4) is 0 Å². The van der Waals surface area contributed by atoms with E-state index in [2.05, 4.69) is 72.6 Å². The number of benzene rings is 2. The largest absolute Gasteiger partial charge is 0.367 e. The number of allylic oxidation sites excluding steroid dienone is 2. The van der Waals surface area contributed by atoms with Crippen molar-refractivity contribution < 1.29 is 4.79 Å². The molecule has 0 N–H and O–H groups in total. The highest BCUT2D eigenvalue weighted by Crippen LogP contribution is 2.26. The Morgan fingerprint density at radius 3 is 2.36 bits per heavy atom. The van der Waals surface area contributed by atoms with E-state index in [0.717, 1.165) is 13.0 Å². The number of rotatable bonds is 5. The normalized spacial score (nSPS) is 15.8. The molecule has 3 rings (SSSR count). The molecule has 0 aliphatic carbocycles. The molecule has 0 bridgehead atoms. The Hall–Kier alpha value is -2.35. The van der Waals surface area contributed by atoms with Gasteiger partial charge in [0.25, 0.3) is 0 Å². The first kappa shape index (κ1) is 19.0. The molecule has 0 fully saturated rings. The monoisotopic (exact) mass is 335 g/mol. The first-order chi connectivity index (χ1) is 12.1. The molecular formula is C23H29NO. The molecule has 2 heteroatoms. The van der Waals surface area contributed by atoms with Gasteiger partial charge in [-0.15, -0.1) is 0 Å². The van der Waals surface area contributed by atoms with E-state index in [1.807, 2.05) is 13.8 Å². The Bertz CT molecular complexity index is 768. The summed E-state index contributed by atoms with van der Waals surface area (Å²) in [6.45, 7) is 8.76. The molecule has 25 heavy (non-hydrogen) atoms. The Labute approximate surface area is 151 Å². The summed E-state index contributed by atoms with van der Waals surface area (Å²) in [5, 5.41) is 2.57. The molecule has 0 radical (unpaired) electrons. The zero-order valence-corrected chi connectivity index (χ0v) is 15.8. The third kappa shape index (κ3) is 4.82. The summed E-state index contributed by atoms with van der Waals surface area (Å²) >= 11 is 0. The molecule has 1 aliphatic heterocycles. The Kier molecular flexibility index (Phi) is 7.00. The summed E-state index contributed by atoms with van der Waals surface area (Å²) in [6.07, 6.45) is 9.97. The second kappa shape index (κ2) is 9.22. The fraction of sp³-hybridized carbons (Fsp3) is 0.348. The van der Waals surface area contributed by atoms with Crippen molar-refractivity contribution in [3.05, 3.63) is 72.0 Å². The maximum Gasteiger partial charge on any atom is 0.130 e. The molecular weight excluding hydrogens is 306 g/mol. The van der Waals surface area contributed by atoms with Crippen LogP contribution in [0.25, 0.3) is 10.8 Å². The molecule has 0 saturated heterocycles. The minimum Gasteiger partial charge on any atom is -0.367 e. The predicted octanol–water partition coefficient (Wildman–Crippen LogP) is 5.66. The topological polar surface area (TPSA) is 20.3 Å². The zero-order chi connectivity index (χ0) is 18.2. The van der Waals surface area contributed by atoms with Gasteiger partial charge in [0, 0.05) is 19.0 Å². The maximum absolute atomic E-state index is 11.4. The molecule has 1 unspecified atom stereocenters. The van der Waals surface area contributed by atoms with E-state index in [0.29, 0.717) is 12.5 Å². The number of hydrogen-bond acceptors (Lipinski definition) is 2. The smallest absolute Gasteiger partial charge is 0.130 e. The van der Waals surface area contributed by atoms with Crippen LogP contribution in [0.4, 0.5) is 0 Å². The van der Waals surface area contributed by atoms with E-state index in [4.69, 9.17) is 0 Å². The average Bonchev–Trinajstić information content (AvgIpc) is 2.63. The van der Waals surface area contributed by atoms with Gasteiger partial charge in [0.1, 0.15) is 5.78 Å². The quantitative estimate of drug-likeness (QED) is 0.702. The molecule has 0 spiro atoms. The SMILES string of the molecule is CC.CC(=O)CCc1cccc2cccc(CN3C=CC=CC3C)c12. The number of fused-ring (bicyclic) bond motifs is 1. The lowest BCUT2D eigenvalue weighted by Gasteiger charge is -2.28. The van der Waals surface area contributed by atoms with E-state index in [-0.39, 0.29) is 5.78 Å². The van der Waals surface area contributed by atoms with E-state index in [9.17, 15) is 4.79 Å². The van der Waals surface area contributed by atoms with Gasteiger partial charge in [-0.1, -0.05) is 62.4 Å². The van der Waals surface area contributed by atoms with Crippen molar-refractivity contribution in [2.75, 3.05) is 0 Å². The highest BCUT2D eigenvalue weighted by Gasteiger charge is 2.13. The predicted molar refractivity (Wildman–Crippen MR) is 108 cm³/mol. The van der Waals surface area contributed by atoms with Crippen LogP contribution < -0.4 is 0 Å². The first-order valence-corrected chi connectivity index (χ1v) is 9.25. The van der Waals surface area contributed by atoms with Gasteiger partial charge in [-0.3, -0.25) is 0 Å². The Balaban J connectivity index is 0.00000109. The summed E-state index contributed by atoms with van der Waals surface area (Å²) in [4.78, 5) is 13.7. The molecule has 1 aliphatic rings. The van der Waals surface area contributed by atoms with Crippen LogP contribution in [0.5, 0.6) is 0 Å². The van der Waals surface area contributed by atoms with Gasteiger partial charge in [-0.05, 0) is 54.4 Å². The van der Waals surface area contributed by atoms with Crippen LogP contribution in [0.1, 0.15) is 45.2 Å². The second-order valence-corrected chi connectivity index (χ2v) is 6.27. The van der Waals surface area contributed by atoms with Gasteiger partial charge in [0.05, 0.1) is 0 Å². The molecule has 0 amide bonds. The molecule has 1 heterocycles. The average molecular weight is 335 g/mol. The van der Waals surface area contributed by atoms with Crippen LogP contribution >= 0.6 is 0 Å². The summed E-state index contributed by atoms with van der Waals surface area (Å²) in [6, 6.07) is 13.3. The van der Waals surface area contributed by atoms with Gasteiger partial charge in [-0.2, -0.15) is 0 Å². The van der Waals surface area contributed by atoms with Crippen LogP contribution in [0.15, 0.2) is 60.8 Å². The van der Waals surface area contributed by atoms with Crippen molar-refractivity contribution in [1.82, 2.24) is 4.90 Å². The minimum atomic E-state index is 0.247. The fourth-order valence-electron chi connectivity index (χ4n) is 3.18. The number of nitrogens with zero attached hydrogens (tertiary/aromatic N) is 1. The van der Waals surface area contributed by atoms with E-state index in [1.165, 1.54) is 21.9 Å². The number of aryl methyl sites for hydroxylation is 1. The summed E-state index contributed by atoms with van der Waals surface area (Å²) < 4.78 is 0. The molecule has 2 aromatic carbocycles. The Morgan fingerprint density at radius 2 is 1.72 bits per heavy atom. The van der Waals surface area contributed by atoms with Crippen LogP contribution in [-0.2, 0) is 17.8 Å². The third-order valence-electron chi connectivity index (χ3n) is 4.48. The van der Waals surface area contributed by atoms with Gasteiger partial charge in [-0.25, -0.2) is 0 Å². The lowest BCUT2D eigenvalue weighted by Crippen LogP contribution is -2.27. The molecule has 132 valence electrons. The summed E-state index contributed by atoms with van der Waals surface area (Å²) in [7, 11) is 0. The van der Waals surface area contributed by atoms with Crippen molar-refractivity contribution in [2.45, 2.75) is 53.1 Å². The molecule has 0 aromatic heterocycles. The number of carbonyl (C=O) groups excluding carboxylic acids is 1. The van der Waals surface area contributed by atoms with E-state index >= 15 is 0 Å². The van der Waals surface area contributed by atoms with Crippen molar-refractivity contribution in [3.63, 3.8) is 0 Å². The third-order valence-corrected chi connectivity index (χ3v) is 4.48. The summed E-state index contributed by atoms with van der Waals surface area (Å²) in [5.41, 5.74) is 2.60. The zero-order valence-electron chi connectivity index (χ0n) is 15.8. The van der Waals surface area contributed by atoms with Gasteiger partial charge in [0.2, 0.25) is 0 Å². The van der Waals surface area contributed by atoms with Crippen molar-refractivity contribution in [1.29, 1.82) is 0 Å². The first-order valence-electron chi connectivity index (χ1n) is 9.25. The molecule has 1 atom stereocenters. The van der Waals surface area contributed by atoms with Gasteiger partial charge < -0.3 is 9.69 Å². The molecule has 2 aromatic rings. The molecule has 2 nitrogen and oxygen atoms in total. The number of ketones is 1. The van der Waals surface area contributed by atoms with Gasteiger partial charge in [0.15, 0.2) is 0 Å². The minimum absolute atomic E-state index is 0.247. The maximum atomic E-state index is 11.4. The van der Waals surface area contributed by atoms with Crippen LogP contribution in [-0.4, -0.2) is 16.7 Å². The van der Waals surface area contributed by atoms with Crippen molar-refractivity contribution in [2.24, 2.45) is 0 Å². The number of hydrogen-bond donors (Lipinski definition) is 0. The number of carbonyl (C=O) groups is 1. The van der Waals surface area contributed by atoms with Crippen LogP contribution in [0, 0.1) is 0 Å². The van der Waals surface area contributed by atoms with Crippen molar-refractivity contribution >= 4 is 16.6 Å². The second-order valence-electron chi connectivity index (χ2n) is 6.27. The number of Topliss-reactive ketones (excluding diaryl/α,β-unsaturated/α-hetero) is 1. The lowest BCUT2D eigenvalue weighted by atomic mass is 9.95. The fourth-order valence-corrected chi connectivity index (χ4v) is 3.18.